The number of nitrogens with zero attached hydrogens (tertiary/aromatic N) is 5. The van der Waals surface area contributed by atoms with Crippen LogP contribution in [0, 0.1) is 17.0 Å². The van der Waals surface area contributed by atoms with Crippen molar-refractivity contribution in [2.75, 3.05) is 0 Å². The number of nitro benzene ring substituents is 1. The molecule has 0 N–H and O–H groups in total. The first-order valence-corrected chi connectivity index (χ1v) is 6.77. The topological polar surface area (TPSA) is 95.8 Å². The minimum atomic E-state index is -0.424. The minimum Gasteiger partial charge on any atom is -0.258 e. The molecule has 8 nitrogen and oxygen atoms in total. The van der Waals surface area contributed by atoms with Crippen LogP contribution in [-0.2, 0) is 13.1 Å². The Kier molecular flexibility index (Phi) is 4.46. The van der Waals surface area contributed by atoms with E-state index in [1.165, 1.54) is 15.4 Å². The molecule has 0 aliphatic rings. The van der Waals surface area contributed by atoms with Gasteiger partial charge in [0.1, 0.15) is 0 Å². The molecule has 0 radical (unpaired) electrons. The van der Waals surface area contributed by atoms with Crippen molar-refractivity contribution in [2.24, 2.45) is 0 Å². The molecule has 1 heterocycles. The molecule has 2 aromatic rings. The van der Waals surface area contributed by atoms with Crippen molar-refractivity contribution in [2.45, 2.75) is 39.8 Å². The Hall–Kier alpha value is -2.51. The smallest absolute Gasteiger partial charge is 0.258 e. The zero-order valence-electron chi connectivity index (χ0n) is 12.0. The number of aromatic nitrogens is 4. The standard InChI is InChI=1S/C13H17N5O3/c1-3-4-7-16-13(19)17(15-14-16)9-11-5-6-12(18(20)21)10(2)8-11/h5-6,8H,3-4,7,9H2,1-2H3. The summed E-state index contributed by atoms with van der Waals surface area (Å²) in [6.07, 6.45) is 1.84. The van der Waals surface area contributed by atoms with Crippen molar-refractivity contribution < 1.29 is 4.92 Å². The maximum Gasteiger partial charge on any atom is 0.363 e. The molecule has 0 spiro atoms. The Morgan fingerprint density at radius 1 is 1.29 bits per heavy atom. The van der Waals surface area contributed by atoms with Crippen LogP contribution in [0.5, 0.6) is 0 Å². The molecule has 0 atom stereocenters. The second-order valence-corrected chi connectivity index (χ2v) is 4.87. The molecular formula is C13H17N5O3. The summed E-state index contributed by atoms with van der Waals surface area (Å²) in [6.45, 7) is 4.51. The Balaban J connectivity index is 2.19. The van der Waals surface area contributed by atoms with Crippen LogP contribution in [0.4, 0.5) is 5.69 Å². The molecule has 0 amide bonds. The van der Waals surface area contributed by atoms with Gasteiger partial charge in [-0.2, -0.15) is 9.36 Å². The Bertz CT molecular complexity index is 704. The average Bonchev–Trinajstić information content (AvgIpc) is 2.77. The average molecular weight is 291 g/mol. The van der Waals surface area contributed by atoms with Crippen LogP contribution >= 0.6 is 0 Å². The minimum absolute atomic E-state index is 0.0673. The molecule has 0 aliphatic heterocycles. The van der Waals surface area contributed by atoms with Crippen LogP contribution in [0.3, 0.4) is 0 Å². The second kappa shape index (κ2) is 6.29. The third-order valence-corrected chi connectivity index (χ3v) is 3.21. The predicted octanol–water partition coefficient (Wildman–Crippen LogP) is 1.50. The van der Waals surface area contributed by atoms with Gasteiger partial charge in [0.2, 0.25) is 0 Å². The van der Waals surface area contributed by atoms with Gasteiger partial charge in [-0.05, 0) is 35.4 Å². The van der Waals surface area contributed by atoms with Crippen molar-refractivity contribution in [1.29, 1.82) is 0 Å². The fourth-order valence-corrected chi connectivity index (χ4v) is 2.05. The molecule has 1 aromatic carbocycles. The third kappa shape index (κ3) is 3.33. The normalized spacial score (nSPS) is 10.8. The van der Waals surface area contributed by atoms with Crippen molar-refractivity contribution in [1.82, 2.24) is 19.8 Å². The van der Waals surface area contributed by atoms with E-state index in [1.807, 2.05) is 6.92 Å². The summed E-state index contributed by atoms with van der Waals surface area (Å²) < 4.78 is 2.60. The van der Waals surface area contributed by atoms with E-state index in [9.17, 15) is 14.9 Å². The summed E-state index contributed by atoms with van der Waals surface area (Å²) in [5.74, 6) is 0. The van der Waals surface area contributed by atoms with Crippen molar-refractivity contribution in [3.8, 4) is 0 Å². The van der Waals surface area contributed by atoms with E-state index in [4.69, 9.17) is 0 Å². The highest BCUT2D eigenvalue weighted by molar-refractivity contribution is 5.41. The molecule has 0 saturated carbocycles. The van der Waals surface area contributed by atoms with Gasteiger partial charge < -0.3 is 0 Å². The van der Waals surface area contributed by atoms with E-state index in [0.717, 1.165) is 18.4 Å². The highest BCUT2D eigenvalue weighted by Crippen LogP contribution is 2.18. The van der Waals surface area contributed by atoms with E-state index in [1.54, 1.807) is 19.1 Å². The number of aryl methyl sites for hydroxylation is 2. The van der Waals surface area contributed by atoms with Gasteiger partial charge in [-0.25, -0.2) is 4.79 Å². The SMILES string of the molecule is CCCCn1nnn(Cc2ccc([N+](=O)[O-])c(C)c2)c1=O. The van der Waals surface area contributed by atoms with E-state index < -0.39 is 4.92 Å². The van der Waals surface area contributed by atoms with E-state index >= 15 is 0 Å². The molecule has 0 saturated heterocycles. The van der Waals surface area contributed by atoms with Gasteiger partial charge in [0.25, 0.3) is 5.69 Å². The van der Waals surface area contributed by atoms with Crippen LogP contribution in [0.25, 0.3) is 0 Å². The molecule has 1 aromatic heterocycles. The zero-order chi connectivity index (χ0) is 15.4. The first-order valence-electron chi connectivity index (χ1n) is 6.77. The molecule has 0 unspecified atom stereocenters. The maximum absolute atomic E-state index is 12.0. The molecule has 8 heteroatoms. The second-order valence-electron chi connectivity index (χ2n) is 4.87. The van der Waals surface area contributed by atoms with E-state index in [0.29, 0.717) is 12.1 Å². The lowest BCUT2D eigenvalue weighted by Crippen LogP contribution is -2.25. The van der Waals surface area contributed by atoms with Crippen LogP contribution in [0.2, 0.25) is 0 Å². The van der Waals surface area contributed by atoms with Gasteiger partial charge >= 0.3 is 5.69 Å². The summed E-state index contributed by atoms with van der Waals surface area (Å²) >= 11 is 0. The van der Waals surface area contributed by atoms with Crippen molar-refractivity contribution in [3.63, 3.8) is 0 Å². The number of nitro groups is 1. The number of rotatable bonds is 6. The fourth-order valence-electron chi connectivity index (χ4n) is 2.05. The van der Waals surface area contributed by atoms with Gasteiger partial charge in [0.15, 0.2) is 0 Å². The monoisotopic (exact) mass is 291 g/mol. The molecule has 112 valence electrons. The summed E-state index contributed by atoms with van der Waals surface area (Å²) in [5.41, 5.74) is 1.14. The van der Waals surface area contributed by atoms with Crippen LogP contribution in [0.1, 0.15) is 30.9 Å². The predicted molar refractivity (Wildman–Crippen MR) is 76.1 cm³/mol. The number of benzene rings is 1. The number of unbranched alkanes of at least 4 members (excludes halogenated alkanes) is 1. The first kappa shape index (κ1) is 14.9. The lowest BCUT2D eigenvalue weighted by atomic mass is 10.1. The Morgan fingerprint density at radius 2 is 2.00 bits per heavy atom. The van der Waals surface area contributed by atoms with E-state index in [-0.39, 0.29) is 17.9 Å². The van der Waals surface area contributed by atoms with Gasteiger partial charge in [0, 0.05) is 18.2 Å². The summed E-state index contributed by atoms with van der Waals surface area (Å²) in [6, 6.07) is 4.76. The highest BCUT2D eigenvalue weighted by atomic mass is 16.6. The summed E-state index contributed by atoms with van der Waals surface area (Å²) in [7, 11) is 0. The molecular weight excluding hydrogens is 274 g/mol. The Labute approximate surface area is 121 Å². The van der Waals surface area contributed by atoms with Crippen molar-refractivity contribution >= 4 is 5.69 Å². The molecule has 2 rings (SSSR count). The van der Waals surface area contributed by atoms with Gasteiger partial charge in [-0.1, -0.05) is 19.4 Å². The fraction of sp³-hybridized carbons (Fsp3) is 0.462. The lowest BCUT2D eigenvalue weighted by Gasteiger charge is -2.02. The summed E-state index contributed by atoms with van der Waals surface area (Å²) in [5, 5.41) is 18.4. The lowest BCUT2D eigenvalue weighted by molar-refractivity contribution is -0.385. The van der Waals surface area contributed by atoms with E-state index in [2.05, 4.69) is 10.4 Å². The third-order valence-electron chi connectivity index (χ3n) is 3.21. The molecule has 0 bridgehead atoms. The largest absolute Gasteiger partial charge is 0.363 e. The molecule has 0 aliphatic carbocycles. The molecule has 0 fully saturated rings. The first-order chi connectivity index (χ1) is 10.0. The highest BCUT2D eigenvalue weighted by Gasteiger charge is 2.12. The van der Waals surface area contributed by atoms with Gasteiger partial charge in [-0.15, -0.1) is 0 Å². The van der Waals surface area contributed by atoms with Gasteiger partial charge in [0.05, 0.1) is 11.5 Å². The van der Waals surface area contributed by atoms with Crippen LogP contribution in [0.15, 0.2) is 23.0 Å². The van der Waals surface area contributed by atoms with Crippen LogP contribution < -0.4 is 5.69 Å². The Morgan fingerprint density at radius 3 is 2.62 bits per heavy atom. The van der Waals surface area contributed by atoms with Crippen molar-refractivity contribution in [3.05, 3.63) is 49.9 Å². The summed E-state index contributed by atoms with van der Waals surface area (Å²) in [4.78, 5) is 22.4. The van der Waals surface area contributed by atoms with Gasteiger partial charge in [-0.3, -0.25) is 10.1 Å². The number of hydrogen-bond acceptors (Lipinski definition) is 5. The number of hydrogen-bond donors (Lipinski definition) is 0. The zero-order valence-corrected chi connectivity index (χ0v) is 12.0. The van der Waals surface area contributed by atoms with Crippen LogP contribution in [-0.4, -0.2) is 24.7 Å². The molecule has 21 heavy (non-hydrogen) atoms. The number of tetrazole rings is 1. The maximum atomic E-state index is 12.0. The quantitative estimate of drug-likeness (QED) is 0.593.